The quantitative estimate of drug-likeness (QED) is 0.509. The molecule has 4 rings (SSSR count). The fourth-order valence-electron chi connectivity index (χ4n) is 4.24. The smallest absolute Gasteiger partial charge is 0.305 e. The normalized spacial score (nSPS) is 15.6. The van der Waals surface area contributed by atoms with Crippen molar-refractivity contribution in [2.75, 3.05) is 4.90 Å². The minimum atomic E-state index is -0.922. The lowest BCUT2D eigenvalue weighted by molar-refractivity contribution is -0.123. The standard InChI is InChI=1S/C27H28N2O2/c1-19-14-15-24(20(2)16-19)29-25(30)27(3,4)28(26(29)31)18-23-13-9-8-12-22(23)17-21-10-6-5-7-11-21/h5-16H,17-18H2,1-4H3. The molecule has 0 aromatic heterocycles. The number of hydrogen-bond acceptors (Lipinski definition) is 2. The minimum absolute atomic E-state index is 0.190. The van der Waals surface area contributed by atoms with E-state index in [0.29, 0.717) is 12.2 Å². The van der Waals surface area contributed by atoms with Gasteiger partial charge in [-0.05, 0) is 62.4 Å². The van der Waals surface area contributed by atoms with Crippen LogP contribution in [-0.2, 0) is 17.8 Å². The van der Waals surface area contributed by atoms with Gasteiger partial charge >= 0.3 is 6.03 Å². The van der Waals surface area contributed by atoms with E-state index in [4.69, 9.17) is 0 Å². The molecular weight excluding hydrogens is 384 g/mol. The van der Waals surface area contributed by atoms with Crippen molar-refractivity contribution in [3.8, 4) is 0 Å². The molecule has 3 aromatic rings. The molecule has 31 heavy (non-hydrogen) atoms. The summed E-state index contributed by atoms with van der Waals surface area (Å²) in [7, 11) is 0. The first kappa shape index (κ1) is 20.9. The fourth-order valence-corrected chi connectivity index (χ4v) is 4.24. The monoisotopic (exact) mass is 412 g/mol. The van der Waals surface area contributed by atoms with Crippen molar-refractivity contribution in [3.63, 3.8) is 0 Å². The third-order valence-electron chi connectivity index (χ3n) is 6.10. The number of benzene rings is 3. The third kappa shape index (κ3) is 3.86. The fraction of sp³-hybridized carbons (Fsp3) is 0.259. The summed E-state index contributed by atoms with van der Waals surface area (Å²) in [6.45, 7) is 7.99. The maximum absolute atomic E-state index is 13.5. The van der Waals surface area contributed by atoms with Crippen LogP contribution in [0.5, 0.6) is 0 Å². The van der Waals surface area contributed by atoms with Gasteiger partial charge in [0.05, 0.1) is 5.69 Å². The van der Waals surface area contributed by atoms with Crippen LogP contribution in [0.25, 0.3) is 0 Å². The molecule has 0 unspecified atom stereocenters. The maximum Gasteiger partial charge on any atom is 0.332 e. The summed E-state index contributed by atoms with van der Waals surface area (Å²) in [5.41, 5.74) is 5.20. The van der Waals surface area contributed by atoms with Crippen molar-refractivity contribution in [3.05, 3.63) is 101 Å². The van der Waals surface area contributed by atoms with Gasteiger partial charge in [0.1, 0.15) is 5.54 Å². The summed E-state index contributed by atoms with van der Waals surface area (Å²) in [4.78, 5) is 29.8. The molecule has 1 saturated heterocycles. The maximum atomic E-state index is 13.5. The summed E-state index contributed by atoms with van der Waals surface area (Å²) in [5.74, 6) is -0.190. The zero-order valence-electron chi connectivity index (χ0n) is 18.6. The highest BCUT2D eigenvalue weighted by atomic mass is 16.2. The van der Waals surface area contributed by atoms with Crippen LogP contribution in [0.1, 0.15) is 41.7 Å². The predicted octanol–water partition coefficient (Wildman–Crippen LogP) is 5.64. The van der Waals surface area contributed by atoms with Crippen molar-refractivity contribution in [2.45, 2.75) is 46.2 Å². The third-order valence-corrected chi connectivity index (χ3v) is 6.10. The van der Waals surface area contributed by atoms with Gasteiger partial charge in [0.2, 0.25) is 0 Å². The van der Waals surface area contributed by atoms with E-state index in [1.165, 1.54) is 10.5 Å². The number of aryl methyl sites for hydroxylation is 2. The highest BCUT2D eigenvalue weighted by Crippen LogP contribution is 2.35. The Morgan fingerprint density at radius 1 is 0.806 bits per heavy atom. The summed E-state index contributed by atoms with van der Waals surface area (Å²) in [5, 5.41) is 0. The molecule has 4 heteroatoms. The van der Waals surface area contributed by atoms with E-state index in [1.54, 1.807) is 4.90 Å². The SMILES string of the molecule is Cc1ccc(N2C(=O)N(Cc3ccccc3Cc3ccccc3)C(C)(C)C2=O)c(C)c1. The van der Waals surface area contributed by atoms with Crippen LogP contribution in [-0.4, -0.2) is 22.4 Å². The Hall–Kier alpha value is -3.40. The molecule has 0 radical (unpaired) electrons. The Morgan fingerprint density at radius 3 is 2.13 bits per heavy atom. The number of imide groups is 1. The Labute approximate surface area is 184 Å². The molecule has 0 N–H and O–H groups in total. The van der Waals surface area contributed by atoms with Crippen molar-refractivity contribution in [2.24, 2.45) is 0 Å². The second-order valence-electron chi connectivity index (χ2n) is 8.79. The highest BCUT2D eigenvalue weighted by Gasteiger charge is 2.52. The Morgan fingerprint density at radius 2 is 1.45 bits per heavy atom. The van der Waals surface area contributed by atoms with E-state index in [2.05, 4.69) is 18.2 Å². The van der Waals surface area contributed by atoms with Crippen molar-refractivity contribution >= 4 is 17.6 Å². The molecule has 0 atom stereocenters. The molecule has 1 heterocycles. The van der Waals surface area contributed by atoms with Gasteiger partial charge in [-0.1, -0.05) is 72.3 Å². The van der Waals surface area contributed by atoms with Gasteiger partial charge < -0.3 is 4.90 Å². The lowest BCUT2D eigenvalue weighted by atomic mass is 9.97. The first-order valence-electron chi connectivity index (χ1n) is 10.6. The number of hydrogen-bond donors (Lipinski definition) is 0. The Bertz CT molecular complexity index is 1130. The topological polar surface area (TPSA) is 40.6 Å². The zero-order chi connectivity index (χ0) is 22.2. The van der Waals surface area contributed by atoms with Crippen LogP contribution in [0.15, 0.2) is 72.8 Å². The van der Waals surface area contributed by atoms with E-state index >= 15 is 0 Å². The van der Waals surface area contributed by atoms with E-state index in [1.807, 2.05) is 82.3 Å². The average Bonchev–Trinajstić information content (AvgIpc) is 2.90. The van der Waals surface area contributed by atoms with Crippen molar-refractivity contribution in [1.29, 1.82) is 0 Å². The number of anilines is 1. The number of urea groups is 1. The molecule has 0 spiro atoms. The van der Waals surface area contributed by atoms with Crippen molar-refractivity contribution in [1.82, 2.24) is 4.90 Å². The molecule has 4 nitrogen and oxygen atoms in total. The first-order valence-corrected chi connectivity index (χ1v) is 10.6. The molecular formula is C27H28N2O2. The van der Waals surface area contributed by atoms with Crippen molar-refractivity contribution < 1.29 is 9.59 Å². The number of rotatable bonds is 5. The molecule has 3 aromatic carbocycles. The van der Waals surface area contributed by atoms with Crippen LogP contribution in [0.3, 0.4) is 0 Å². The van der Waals surface area contributed by atoms with Gasteiger partial charge in [-0.15, -0.1) is 0 Å². The average molecular weight is 413 g/mol. The molecule has 158 valence electrons. The van der Waals surface area contributed by atoms with Gasteiger partial charge in [0, 0.05) is 6.54 Å². The largest absolute Gasteiger partial charge is 0.332 e. The van der Waals surface area contributed by atoms with Gasteiger partial charge in [0.25, 0.3) is 5.91 Å². The summed E-state index contributed by atoms with van der Waals surface area (Å²) < 4.78 is 0. The predicted molar refractivity (Wildman–Crippen MR) is 124 cm³/mol. The lowest BCUT2D eigenvalue weighted by Gasteiger charge is -2.28. The van der Waals surface area contributed by atoms with Crippen LogP contribution in [0.4, 0.5) is 10.5 Å². The minimum Gasteiger partial charge on any atom is -0.305 e. The van der Waals surface area contributed by atoms with Gasteiger partial charge in [-0.2, -0.15) is 0 Å². The first-order chi connectivity index (χ1) is 14.8. The number of carbonyl (C=O) groups excluding carboxylic acids is 2. The van der Waals surface area contributed by atoms with Gasteiger partial charge in [0.15, 0.2) is 0 Å². The number of carbonyl (C=O) groups is 2. The van der Waals surface area contributed by atoms with Gasteiger partial charge in [-0.25, -0.2) is 9.69 Å². The Balaban J connectivity index is 1.66. The van der Waals surface area contributed by atoms with E-state index in [-0.39, 0.29) is 11.9 Å². The summed E-state index contributed by atoms with van der Waals surface area (Å²) in [6.07, 6.45) is 0.786. The van der Waals surface area contributed by atoms with Crippen LogP contribution >= 0.6 is 0 Å². The number of amides is 3. The molecule has 1 aliphatic heterocycles. The second kappa shape index (κ2) is 8.03. The van der Waals surface area contributed by atoms with E-state index < -0.39 is 5.54 Å². The van der Waals surface area contributed by atoms with Gasteiger partial charge in [-0.3, -0.25) is 4.79 Å². The molecule has 0 bridgehead atoms. The van der Waals surface area contributed by atoms with Crippen LogP contribution < -0.4 is 4.90 Å². The molecule has 0 saturated carbocycles. The summed E-state index contributed by atoms with van der Waals surface area (Å²) in [6, 6.07) is 24.0. The molecule has 1 fully saturated rings. The zero-order valence-corrected chi connectivity index (χ0v) is 18.6. The summed E-state index contributed by atoms with van der Waals surface area (Å²) >= 11 is 0. The molecule has 3 amide bonds. The second-order valence-corrected chi connectivity index (χ2v) is 8.79. The number of nitrogens with zero attached hydrogens (tertiary/aromatic N) is 2. The molecule has 1 aliphatic rings. The Kier molecular flexibility index (Phi) is 5.40. The lowest BCUT2D eigenvalue weighted by Crippen LogP contribution is -2.43. The van der Waals surface area contributed by atoms with Crippen LogP contribution in [0.2, 0.25) is 0 Å². The molecule has 0 aliphatic carbocycles. The van der Waals surface area contributed by atoms with E-state index in [9.17, 15) is 9.59 Å². The van der Waals surface area contributed by atoms with Crippen LogP contribution in [0, 0.1) is 13.8 Å². The van der Waals surface area contributed by atoms with E-state index in [0.717, 1.165) is 28.7 Å². The highest BCUT2D eigenvalue weighted by molar-refractivity contribution is 6.23.